The number of hydrogen-bond acceptors (Lipinski definition) is 2. The van der Waals surface area contributed by atoms with Gasteiger partial charge in [-0.3, -0.25) is 0 Å². The summed E-state index contributed by atoms with van der Waals surface area (Å²) in [5.74, 6) is 0. The van der Waals surface area contributed by atoms with Gasteiger partial charge < -0.3 is 0 Å². The van der Waals surface area contributed by atoms with Crippen molar-refractivity contribution in [2.45, 2.75) is 79.0 Å². The van der Waals surface area contributed by atoms with Gasteiger partial charge in [0.1, 0.15) is 0 Å². The van der Waals surface area contributed by atoms with Gasteiger partial charge in [-0.25, -0.2) is 0 Å². The summed E-state index contributed by atoms with van der Waals surface area (Å²) < 4.78 is 11.1. The summed E-state index contributed by atoms with van der Waals surface area (Å²) in [4.78, 5) is 2.27. The van der Waals surface area contributed by atoms with E-state index in [0.29, 0.717) is 0 Å². The molecule has 20 heavy (non-hydrogen) atoms. The maximum absolute atomic E-state index is 6.67. The van der Waals surface area contributed by atoms with Gasteiger partial charge in [-0.2, -0.15) is 0 Å². The van der Waals surface area contributed by atoms with Gasteiger partial charge in [0.15, 0.2) is 0 Å². The Balaban J connectivity index is 4.41. The average Bonchev–Trinajstić information content (AvgIpc) is 2.44. The molecule has 0 aliphatic heterocycles. The molecule has 122 valence electrons. The van der Waals surface area contributed by atoms with Gasteiger partial charge in [-0.1, -0.05) is 0 Å². The Bertz CT molecular complexity index is 187. The van der Waals surface area contributed by atoms with Crippen LogP contribution in [0.25, 0.3) is 0 Å². The molecule has 0 bridgehead atoms. The maximum atomic E-state index is 6.67. The molecule has 0 rings (SSSR count). The third-order valence-corrected chi connectivity index (χ3v) is 17.3. The topological polar surface area (TPSA) is 12.5 Å². The molecular weight excluding hydrogens is 353 g/mol. The summed E-state index contributed by atoms with van der Waals surface area (Å²) in [5.41, 5.74) is 0. The van der Waals surface area contributed by atoms with Gasteiger partial charge in [0.2, 0.25) is 0 Å². The van der Waals surface area contributed by atoms with Crippen LogP contribution < -0.4 is 0 Å². The van der Waals surface area contributed by atoms with Crippen molar-refractivity contribution in [1.82, 2.24) is 4.90 Å². The Labute approximate surface area is 133 Å². The normalized spacial score (nSPS) is 12.3. The average molecular weight is 392 g/mol. The molecule has 0 aromatic rings. The molecule has 3 heteroatoms. The molecule has 0 N–H and O–H groups in total. The summed E-state index contributed by atoms with van der Waals surface area (Å²) in [6, 6.07) is 0. The van der Waals surface area contributed by atoms with E-state index in [1.54, 1.807) is 0 Å². The van der Waals surface area contributed by atoms with Crippen LogP contribution in [-0.4, -0.2) is 50.9 Å². The van der Waals surface area contributed by atoms with Crippen LogP contribution in [0.5, 0.6) is 0 Å². The van der Waals surface area contributed by atoms with Gasteiger partial charge in [0.25, 0.3) is 0 Å². The van der Waals surface area contributed by atoms with Crippen LogP contribution >= 0.6 is 0 Å². The molecule has 0 unspecified atom stereocenters. The first-order chi connectivity index (χ1) is 9.60. The number of nitrogens with zero attached hydrogens (tertiary/aromatic N) is 1. The Morgan fingerprint density at radius 3 is 1.55 bits per heavy atom. The van der Waals surface area contributed by atoms with E-state index in [1.807, 2.05) is 0 Å². The van der Waals surface area contributed by atoms with Crippen LogP contribution in [0.3, 0.4) is 0 Å². The molecule has 0 amide bonds. The van der Waals surface area contributed by atoms with E-state index in [4.69, 9.17) is 3.07 Å². The van der Waals surface area contributed by atoms with E-state index >= 15 is 0 Å². The molecule has 0 aromatic heterocycles. The van der Waals surface area contributed by atoms with E-state index in [-0.39, 0.29) is 0 Å². The predicted molar refractivity (Wildman–Crippen MR) is 94.0 cm³/mol. The second-order valence-corrected chi connectivity index (χ2v) is 18.4. The standard InChI is InChI=1S/C5H12NO.3C4H9.Sn/c1-6(2)4-3-5-7;3*1-3-4-2;/h3-5H2,1-2H3;3*1,3-4H2,2H3;/q-1;;;;+1. The van der Waals surface area contributed by atoms with Crippen molar-refractivity contribution in [3.63, 3.8) is 0 Å². The first-order valence-electron chi connectivity index (χ1n) is 8.89. The molecule has 2 nitrogen and oxygen atoms in total. The SMILES string of the molecule is CCC[CH2][Sn]([CH2]CCC)([CH2]CCC)[O]CCCN(C)C. The molecule has 0 radical (unpaired) electrons. The van der Waals surface area contributed by atoms with Gasteiger partial charge in [0, 0.05) is 0 Å². The van der Waals surface area contributed by atoms with Crippen molar-refractivity contribution >= 4 is 18.8 Å². The first-order valence-corrected chi connectivity index (χ1v) is 16.1. The first kappa shape index (κ1) is 20.7. The molecule has 0 atom stereocenters. The fourth-order valence-electron chi connectivity index (χ4n) is 2.76. The van der Waals surface area contributed by atoms with Gasteiger partial charge in [0.05, 0.1) is 0 Å². The predicted octanol–water partition coefficient (Wildman–Crippen LogP) is 5.30. The zero-order valence-corrected chi connectivity index (χ0v) is 17.7. The van der Waals surface area contributed by atoms with Crippen molar-refractivity contribution in [2.75, 3.05) is 27.2 Å². The minimum absolute atomic E-state index is 1.02. The van der Waals surface area contributed by atoms with E-state index < -0.39 is 18.8 Å². The van der Waals surface area contributed by atoms with Gasteiger partial charge in [-0.05, 0) is 0 Å². The fourth-order valence-corrected chi connectivity index (χ4v) is 16.3. The van der Waals surface area contributed by atoms with E-state index in [1.165, 1.54) is 58.3 Å². The van der Waals surface area contributed by atoms with Gasteiger partial charge in [-0.15, -0.1) is 0 Å². The molecule has 0 saturated carbocycles. The second kappa shape index (κ2) is 13.4. The van der Waals surface area contributed by atoms with Crippen LogP contribution in [0.2, 0.25) is 13.3 Å². The quantitative estimate of drug-likeness (QED) is 0.294. The van der Waals surface area contributed by atoms with Crippen molar-refractivity contribution in [2.24, 2.45) is 0 Å². The van der Waals surface area contributed by atoms with Crippen LogP contribution in [0.15, 0.2) is 0 Å². The van der Waals surface area contributed by atoms with E-state index in [9.17, 15) is 0 Å². The molecule has 0 heterocycles. The molecule has 0 fully saturated rings. The molecule has 0 aliphatic rings. The van der Waals surface area contributed by atoms with E-state index in [0.717, 1.165) is 13.2 Å². The second-order valence-electron chi connectivity index (χ2n) is 6.50. The Morgan fingerprint density at radius 2 is 1.20 bits per heavy atom. The molecule has 0 spiro atoms. The monoisotopic (exact) mass is 393 g/mol. The summed E-state index contributed by atoms with van der Waals surface area (Å²) >= 11 is -2.28. The minimum atomic E-state index is -2.28. The molecular formula is C17H39NOSn. The van der Waals surface area contributed by atoms with Crippen molar-refractivity contribution in [1.29, 1.82) is 0 Å². The summed E-state index contributed by atoms with van der Waals surface area (Å²) in [5, 5.41) is 0. The van der Waals surface area contributed by atoms with Crippen LogP contribution in [0.4, 0.5) is 0 Å². The van der Waals surface area contributed by atoms with Crippen molar-refractivity contribution in [3.05, 3.63) is 0 Å². The fraction of sp³-hybridized carbons (Fsp3) is 1.00. The summed E-state index contributed by atoms with van der Waals surface area (Å²) in [6.07, 6.45) is 9.40. The Kier molecular flexibility index (Phi) is 13.9. The number of hydrogen-bond donors (Lipinski definition) is 0. The zero-order valence-electron chi connectivity index (χ0n) is 14.8. The number of rotatable bonds is 14. The Morgan fingerprint density at radius 1 is 0.750 bits per heavy atom. The van der Waals surface area contributed by atoms with Crippen LogP contribution in [0, 0.1) is 0 Å². The van der Waals surface area contributed by atoms with Crippen molar-refractivity contribution in [3.8, 4) is 0 Å². The van der Waals surface area contributed by atoms with E-state index in [2.05, 4.69) is 39.8 Å². The molecule has 0 saturated heterocycles. The molecule has 0 aliphatic carbocycles. The van der Waals surface area contributed by atoms with Crippen LogP contribution in [-0.2, 0) is 3.07 Å². The van der Waals surface area contributed by atoms with Gasteiger partial charge >= 0.3 is 133 Å². The molecule has 0 aromatic carbocycles. The zero-order chi connectivity index (χ0) is 15.3. The van der Waals surface area contributed by atoms with Crippen LogP contribution in [0.1, 0.15) is 65.7 Å². The number of unbranched alkanes of at least 4 members (excludes halogenated alkanes) is 3. The Hall–Kier alpha value is 0.719. The third-order valence-electron chi connectivity index (χ3n) is 4.12. The summed E-state index contributed by atoms with van der Waals surface area (Å²) in [6.45, 7) is 9.15. The van der Waals surface area contributed by atoms with Crippen molar-refractivity contribution < 1.29 is 3.07 Å². The summed E-state index contributed by atoms with van der Waals surface area (Å²) in [7, 11) is 4.31. The third kappa shape index (κ3) is 10.4.